The van der Waals surface area contributed by atoms with Gasteiger partial charge in [-0.3, -0.25) is 19.0 Å². The number of pyridine rings is 1. The third-order valence-electron chi connectivity index (χ3n) is 11.4. The summed E-state index contributed by atoms with van der Waals surface area (Å²) in [6.07, 6.45) is -10.2. The Bertz CT molecular complexity index is 3310. The van der Waals surface area contributed by atoms with Crippen LogP contribution in [0.15, 0.2) is 42.5 Å². The second kappa shape index (κ2) is 17.5. The van der Waals surface area contributed by atoms with Gasteiger partial charge in [-0.2, -0.15) is 49.6 Å². The zero-order valence-electron chi connectivity index (χ0n) is 36.5. The van der Waals surface area contributed by atoms with Gasteiger partial charge in [-0.25, -0.2) is 35.4 Å². The Balaban J connectivity index is 1.50. The number of sulfone groups is 1. The molecule has 1 saturated carbocycles. The molecule has 0 spiro atoms. The smallest absolute Gasteiger partial charge is 0.435 e. The predicted octanol–water partition coefficient (Wildman–Crippen LogP) is 6.76. The Hall–Kier alpha value is -6.27. The average Bonchev–Trinajstić information content (AvgIpc) is 3.73. The van der Waals surface area contributed by atoms with Crippen molar-refractivity contribution in [3.05, 3.63) is 93.0 Å². The summed E-state index contributed by atoms with van der Waals surface area (Å²) in [6.45, 7) is -0.925. The molecule has 0 aliphatic heterocycles. The number of alkyl halides is 8. The number of benzene rings is 2. The Morgan fingerprint density at radius 2 is 1.59 bits per heavy atom. The zero-order valence-corrected chi connectivity index (χ0v) is 38.9. The number of sulfonamides is 1. The van der Waals surface area contributed by atoms with E-state index >= 15 is 8.78 Å². The van der Waals surface area contributed by atoms with Crippen LogP contribution in [0.1, 0.15) is 66.1 Å². The highest BCUT2D eigenvalue weighted by Crippen LogP contribution is 2.68. The summed E-state index contributed by atoms with van der Waals surface area (Å²) in [6, 6.07) is 4.47. The lowest BCUT2D eigenvalue weighted by molar-refractivity contribution is -0.150. The number of aromatic nitrogens is 5. The van der Waals surface area contributed by atoms with Gasteiger partial charge in [-0.15, -0.1) is 0 Å². The van der Waals surface area contributed by atoms with Crippen molar-refractivity contribution in [2.45, 2.75) is 74.8 Å². The minimum absolute atomic E-state index is 0.164. The molecule has 15 nitrogen and oxygen atoms in total. The third-order valence-corrected chi connectivity index (χ3v) is 14.6. The van der Waals surface area contributed by atoms with Crippen LogP contribution in [0, 0.1) is 29.4 Å². The topological polar surface area (TPSA) is 193 Å². The number of esters is 1. The van der Waals surface area contributed by atoms with Gasteiger partial charge in [-0.1, -0.05) is 23.6 Å². The number of methoxy groups -OCH3 is 1. The number of amides is 2. The lowest BCUT2D eigenvalue weighted by atomic mass is 9.93. The van der Waals surface area contributed by atoms with Gasteiger partial charge < -0.3 is 10.1 Å². The highest BCUT2D eigenvalue weighted by molar-refractivity contribution is 7.93. The zero-order chi connectivity index (χ0) is 52.0. The molecule has 1 fully saturated rings. The largest absolute Gasteiger partial charge is 0.462 e. The van der Waals surface area contributed by atoms with E-state index in [-0.39, 0.29) is 36.9 Å². The molecule has 0 unspecified atom stereocenters. The molecule has 3 heterocycles. The van der Waals surface area contributed by atoms with Gasteiger partial charge in [0, 0.05) is 34.9 Å². The number of nitrogens with one attached hydrogen (secondary N) is 1. The minimum Gasteiger partial charge on any atom is -0.462 e. The van der Waals surface area contributed by atoms with Gasteiger partial charge in [0.05, 0.1) is 41.0 Å². The number of fused-ring (bicyclic) bond motifs is 4. The van der Waals surface area contributed by atoms with E-state index in [2.05, 4.69) is 37.1 Å². The number of hydrogen-bond donors (Lipinski definition) is 1. The average molecular weight is 1050 g/mol. The van der Waals surface area contributed by atoms with Gasteiger partial charge in [0.25, 0.3) is 5.92 Å². The summed E-state index contributed by atoms with van der Waals surface area (Å²) < 4.78 is 200. The van der Waals surface area contributed by atoms with Crippen molar-refractivity contribution in [3.63, 3.8) is 0 Å². The lowest BCUT2D eigenvalue weighted by Crippen LogP contribution is -2.41. The predicted molar refractivity (Wildman–Crippen MR) is 227 cm³/mol. The number of anilines is 1. The van der Waals surface area contributed by atoms with Gasteiger partial charge in [-0.05, 0) is 74.4 Å². The first-order valence-electron chi connectivity index (χ1n) is 20.1. The van der Waals surface area contributed by atoms with Crippen molar-refractivity contribution in [1.29, 1.82) is 0 Å². The van der Waals surface area contributed by atoms with Crippen molar-refractivity contribution in [2.75, 3.05) is 23.9 Å². The summed E-state index contributed by atoms with van der Waals surface area (Å²) >= 11 is 6.52. The van der Waals surface area contributed by atoms with Gasteiger partial charge in [0.2, 0.25) is 15.9 Å². The van der Waals surface area contributed by atoms with E-state index in [1.807, 2.05) is 0 Å². The van der Waals surface area contributed by atoms with Gasteiger partial charge in [0.1, 0.15) is 40.9 Å². The molecule has 2 aliphatic carbocycles. The van der Waals surface area contributed by atoms with Crippen LogP contribution < -0.4 is 9.62 Å². The second-order valence-corrected chi connectivity index (χ2v) is 21.6. The van der Waals surface area contributed by atoms with E-state index < -0.39 is 160 Å². The number of hydrogen-bond acceptors (Lipinski definition) is 11. The molecule has 0 radical (unpaired) electrons. The molecule has 2 aromatic carbocycles. The Labute approximate surface area is 395 Å². The van der Waals surface area contributed by atoms with E-state index in [0.29, 0.717) is 19.4 Å². The molecule has 3 aromatic heterocycles. The normalized spacial score (nSPS) is 17.0. The third kappa shape index (κ3) is 9.89. The minimum atomic E-state index is -5.23. The lowest BCUT2D eigenvalue weighted by Gasteiger charge is -2.23. The SMILES string of the molecule is COC(=O)C(=O)N(c1nn(CC(F)(F)F)c2c(-c3ccc(C#CC(C)(C)S(C)(=O)=O)nc3[C@H](Cc3cc(F)cc(F)c3)NC(=O)Cn3nc(C(F)(F)F)c4c3C(F)(F)[C@@H]3C[C@H]43)ccc(Cl)c12)S(C)(=O)=O. The number of halogens is 11. The summed E-state index contributed by atoms with van der Waals surface area (Å²) in [7, 11) is -8.19. The maximum atomic E-state index is 15.5. The summed E-state index contributed by atoms with van der Waals surface area (Å²) in [5.41, 5.74) is -6.23. The summed E-state index contributed by atoms with van der Waals surface area (Å²) in [4.78, 5) is 44.2. The van der Waals surface area contributed by atoms with E-state index in [9.17, 15) is 66.3 Å². The van der Waals surface area contributed by atoms with Crippen molar-refractivity contribution >= 4 is 66.0 Å². The first-order valence-corrected chi connectivity index (χ1v) is 24.2. The Kier molecular flexibility index (Phi) is 12.9. The van der Waals surface area contributed by atoms with E-state index in [4.69, 9.17) is 11.6 Å². The van der Waals surface area contributed by atoms with Crippen LogP contribution in [-0.2, 0) is 70.6 Å². The molecule has 7 rings (SSSR count). The van der Waals surface area contributed by atoms with Gasteiger partial charge >= 0.3 is 24.2 Å². The van der Waals surface area contributed by atoms with E-state index in [1.54, 1.807) is 0 Å². The van der Waals surface area contributed by atoms with Crippen LogP contribution in [-0.4, -0.2) is 89.7 Å². The van der Waals surface area contributed by atoms with Gasteiger partial charge in [0.15, 0.2) is 21.3 Å². The van der Waals surface area contributed by atoms with Crippen molar-refractivity contribution in [2.24, 2.45) is 5.92 Å². The van der Waals surface area contributed by atoms with Crippen LogP contribution in [0.4, 0.5) is 49.7 Å². The number of nitrogens with zero attached hydrogens (tertiary/aromatic N) is 6. The van der Waals surface area contributed by atoms with Crippen LogP contribution in [0.5, 0.6) is 0 Å². The maximum absolute atomic E-state index is 15.5. The monoisotopic (exact) mass is 1050 g/mol. The van der Waals surface area contributed by atoms with Crippen molar-refractivity contribution < 1.29 is 79.9 Å². The molecule has 2 amide bonds. The van der Waals surface area contributed by atoms with Crippen LogP contribution in [0.25, 0.3) is 22.0 Å². The van der Waals surface area contributed by atoms with E-state index in [0.717, 1.165) is 42.7 Å². The molecule has 2 aliphatic rings. The molecule has 0 bridgehead atoms. The maximum Gasteiger partial charge on any atom is 0.435 e. The molecule has 374 valence electrons. The number of carbonyl (C=O) groups is 3. The number of ether oxygens (including phenoxy) is 1. The quantitative estimate of drug-likeness (QED) is 0.0637. The fourth-order valence-electron chi connectivity index (χ4n) is 7.97. The second-order valence-electron chi connectivity index (χ2n) is 16.8. The standard InChI is InChI=1S/C42H34ClF10N7O8S2/c1-39(2,69(4,64)65)11-10-22-6-7-23(24-8-9-27(43)31-33(24)59(18-40(46,47)48)57-36(31)60(70(5,66)67)37(62)38(63)68-3)32(54-22)28(14-19-12-20(44)15-21(45)13-19)55-29(61)17-58-35-30(34(56-58)42(51,52)53)25-16-26(25)41(35,49)50/h6-9,12-13,15,25-26,28H,14,16-18H2,1-5H3,(H,55,61)/t25-,26+,28-/m0/s1. The Morgan fingerprint density at radius 3 is 2.16 bits per heavy atom. The highest BCUT2D eigenvalue weighted by atomic mass is 35.5. The van der Waals surface area contributed by atoms with Crippen molar-refractivity contribution in [3.8, 4) is 23.0 Å². The summed E-state index contributed by atoms with van der Waals surface area (Å²) in [5.74, 6) is -10.1. The molecule has 0 saturated heterocycles. The molecule has 1 N–H and O–H groups in total. The van der Waals surface area contributed by atoms with E-state index in [1.165, 1.54) is 13.8 Å². The highest BCUT2D eigenvalue weighted by Gasteiger charge is 2.68. The van der Waals surface area contributed by atoms with Crippen LogP contribution in [0.2, 0.25) is 5.02 Å². The first kappa shape index (κ1) is 51.6. The first-order chi connectivity index (χ1) is 32.1. The fourth-order valence-corrected chi connectivity index (χ4v) is 9.27. The Morgan fingerprint density at radius 1 is 0.957 bits per heavy atom. The van der Waals surface area contributed by atoms with Crippen molar-refractivity contribution in [1.82, 2.24) is 29.9 Å². The molecule has 5 aromatic rings. The molecule has 28 heteroatoms. The summed E-state index contributed by atoms with van der Waals surface area (Å²) in [5, 5.41) is 8.24. The number of carbonyl (C=O) groups excluding carboxylic acids is 3. The molecule has 3 atom stereocenters. The fraction of sp³-hybridized carbons (Fsp3) is 0.381. The molecule has 70 heavy (non-hydrogen) atoms. The number of rotatable bonds is 11. The van der Waals surface area contributed by atoms with Crippen LogP contribution >= 0.6 is 11.6 Å². The molecular formula is C42H34ClF10N7O8S2. The molecular weight excluding hydrogens is 1020 g/mol. The van der Waals surface area contributed by atoms with Crippen LogP contribution in [0.3, 0.4) is 0 Å².